The van der Waals surface area contributed by atoms with Gasteiger partial charge in [-0.1, -0.05) is 23.7 Å². The SMILES string of the molecule is NCC(NCC1CC1)c1cccc(Cl)c1. The molecular formula is C12H17ClN2. The van der Waals surface area contributed by atoms with Crippen molar-refractivity contribution in [3.63, 3.8) is 0 Å². The highest BCUT2D eigenvalue weighted by atomic mass is 35.5. The van der Waals surface area contributed by atoms with Crippen LogP contribution in [0.25, 0.3) is 0 Å². The molecule has 2 rings (SSSR count). The molecule has 1 aliphatic carbocycles. The molecule has 0 saturated heterocycles. The van der Waals surface area contributed by atoms with E-state index in [9.17, 15) is 0 Å². The van der Waals surface area contributed by atoms with E-state index in [2.05, 4.69) is 11.4 Å². The first-order chi connectivity index (χ1) is 7.29. The topological polar surface area (TPSA) is 38.0 Å². The Morgan fingerprint density at radius 2 is 2.27 bits per heavy atom. The second-order valence-corrected chi connectivity index (χ2v) is 4.63. The minimum atomic E-state index is 0.240. The maximum atomic E-state index is 5.95. The van der Waals surface area contributed by atoms with Gasteiger partial charge in [0, 0.05) is 17.6 Å². The first kappa shape index (κ1) is 10.9. The lowest BCUT2D eigenvalue weighted by atomic mass is 10.1. The van der Waals surface area contributed by atoms with Gasteiger partial charge in [-0.3, -0.25) is 0 Å². The van der Waals surface area contributed by atoms with Crippen LogP contribution < -0.4 is 11.1 Å². The highest BCUT2D eigenvalue weighted by Crippen LogP contribution is 2.28. The number of nitrogens with one attached hydrogen (secondary N) is 1. The number of rotatable bonds is 5. The van der Waals surface area contributed by atoms with Gasteiger partial charge in [-0.15, -0.1) is 0 Å². The summed E-state index contributed by atoms with van der Waals surface area (Å²) >= 11 is 5.95. The summed E-state index contributed by atoms with van der Waals surface area (Å²) in [6.07, 6.45) is 2.72. The summed E-state index contributed by atoms with van der Waals surface area (Å²) in [4.78, 5) is 0. The third-order valence-electron chi connectivity index (χ3n) is 2.84. The molecule has 0 radical (unpaired) electrons. The normalized spacial score (nSPS) is 17.7. The fourth-order valence-corrected chi connectivity index (χ4v) is 1.89. The molecule has 2 nitrogen and oxygen atoms in total. The second kappa shape index (κ2) is 4.97. The van der Waals surface area contributed by atoms with Crippen LogP contribution >= 0.6 is 11.6 Å². The molecule has 1 aromatic carbocycles. The summed E-state index contributed by atoms with van der Waals surface area (Å²) in [5.41, 5.74) is 6.94. The number of hydrogen-bond donors (Lipinski definition) is 2. The highest BCUT2D eigenvalue weighted by molar-refractivity contribution is 6.30. The highest BCUT2D eigenvalue weighted by Gasteiger charge is 2.22. The van der Waals surface area contributed by atoms with Gasteiger partial charge in [-0.2, -0.15) is 0 Å². The molecule has 1 aliphatic rings. The fourth-order valence-electron chi connectivity index (χ4n) is 1.69. The van der Waals surface area contributed by atoms with E-state index < -0.39 is 0 Å². The largest absolute Gasteiger partial charge is 0.329 e. The average molecular weight is 225 g/mol. The first-order valence-electron chi connectivity index (χ1n) is 5.48. The molecule has 0 aromatic heterocycles. The zero-order valence-electron chi connectivity index (χ0n) is 8.75. The third-order valence-corrected chi connectivity index (χ3v) is 3.07. The lowest BCUT2D eigenvalue weighted by Crippen LogP contribution is -2.29. The molecule has 1 aromatic rings. The Morgan fingerprint density at radius 3 is 2.87 bits per heavy atom. The molecule has 3 N–H and O–H groups in total. The smallest absolute Gasteiger partial charge is 0.0445 e. The van der Waals surface area contributed by atoms with Gasteiger partial charge in [0.15, 0.2) is 0 Å². The predicted octanol–water partition coefficient (Wildman–Crippen LogP) is 2.34. The lowest BCUT2D eigenvalue weighted by Gasteiger charge is -2.17. The van der Waals surface area contributed by atoms with Crippen LogP contribution in [0.3, 0.4) is 0 Å². The number of hydrogen-bond acceptors (Lipinski definition) is 2. The Bertz CT molecular complexity index is 323. The predicted molar refractivity (Wildman–Crippen MR) is 64.0 cm³/mol. The molecule has 1 saturated carbocycles. The van der Waals surface area contributed by atoms with Gasteiger partial charge in [0.1, 0.15) is 0 Å². The Labute approximate surface area is 95.8 Å². The molecule has 0 spiro atoms. The molecular weight excluding hydrogens is 208 g/mol. The minimum Gasteiger partial charge on any atom is -0.329 e. The maximum absolute atomic E-state index is 5.95. The van der Waals surface area contributed by atoms with Crippen LogP contribution in [0.5, 0.6) is 0 Å². The molecule has 1 unspecified atom stereocenters. The Morgan fingerprint density at radius 1 is 1.47 bits per heavy atom. The van der Waals surface area contributed by atoms with E-state index in [1.807, 2.05) is 18.2 Å². The van der Waals surface area contributed by atoms with Crippen molar-refractivity contribution in [3.05, 3.63) is 34.9 Å². The summed E-state index contributed by atoms with van der Waals surface area (Å²) in [6.45, 7) is 1.70. The van der Waals surface area contributed by atoms with Crippen molar-refractivity contribution < 1.29 is 0 Å². The van der Waals surface area contributed by atoms with Crippen LogP contribution in [0.4, 0.5) is 0 Å². The van der Waals surface area contributed by atoms with Crippen LogP contribution in [-0.4, -0.2) is 13.1 Å². The van der Waals surface area contributed by atoms with Gasteiger partial charge in [-0.25, -0.2) is 0 Å². The van der Waals surface area contributed by atoms with Gasteiger partial charge in [0.05, 0.1) is 0 Å². The molecule has 0 amide bonds. The average Bonchev–Trinajstić information content (AvgIpc) is 3.03. The summed E-state index contributed by atoms with van der Waals surface area (Å²) in [5, 5.41) is 4.27. The molecule has 3 heteroatoms. The van der Waals surface area contributed by atoms with Gasteiger partial charge in [0.25, 0.3) is 0 Å². The Balaban J connectivity index is 1.97. The van der Waals surface area contributed by atoms with Crippen molar-refractivity contribution in [3.8, 4) is 0 Å². The summed E-state index contributed by atoms with van der Waals surface area (Å²) in [7, 11) is 0. The van der Waals surface area contributed by atoms with Crippen molar-refractivity contribution in [2.45, 2.75) is 18.9 Å². The lowest BCUT2D eigenvalue weighted by molar-refractivity contribution is 0.522. The van der Waals surface area contributed by atoms with Crippen molar-refractivity contribution in [2.24, 2.45) is 11.7 Å². The van der Waals surface area contributed by atoms with E-state index in [4.69, 9.17) is 17.3 Å². The van der Waals surface area contributed by atoms with Crippen molar-refractivity contribution >= 4 is 11.6 Å². The second-order valence-electron chi connectivity index (χ2n) is 4.19. The summed E-state index contributed by atoms with van der Waals surface area (Å²) in [5.74, 6) is 0.873. The van der Waals surface area contributed by atoms with E-state index in [0.717, 1.165) is 17.5 Å². The number of halogens is 1. The maximum Gasteiger partial charge on any atom is 0.0445 e. The molecule has 0 bridgehead atoms. The molecule has 0 heterocycles. The molecule has 1 atom stereocenters. The summed E-state index contributed by atoms with van der Waals surface area (Å²) in [6, 6.07) is 8.16. The van der Waals surface area contributed by atoms with E-state index in [0.29, 0.717) is 6.54 Å². The molecule has 0 aliphatic heterocycles. The first-order valence-corrected chi connectivity index (χ1v) is 5.86. The number of benzene rings is 1. The Hall–Kier alpha value is -0.570. The van der Waals surface area contributed by atoms with Crippen LogP contribution in [0, 0.1) is 5.92 Å². The van der Waals surface area contributed by atoms with Crippen LogP contribution in [0.1, 0.15) is 24.4 Å². The third kappa shape index (κ3) is 3.20. The van der Waals surface area contributed by atoms with E-state index >= 15 is 0 Å². The molecule has 82 valence electrons. The van der Waals surface area contributed by atoms with Crippen LogP contribution in [0.15, 0.2) is 24.3 Å². The van der Waals surface area contributed by atoms with Crippen LogP contribution in [-0.2, 0) is 0 Å². The molecule has 1 fully saturated rings. The van der Waals surface area contributed by atoms with Crippen LogP contribution in [0.2, 0.25) is 5.02 Å². The van der Waals surface area contributed by atoms with Gasteiger partial charge in [0.2, 0.25) is 0 Å². The van der Waals surface area contributed by atoms with Crippen molar-refractivity contribution in [2.75, 3.05) is 13.1 Å². The molecule has 15 heavy (non-hydrogen) atoms. The fraction of sp³-hybridized carbons (Fsp3) is 0.500. The van der Waals surface area contributed by atoms with E-state index in [1.54, 1.807) is 0 Å². The van der Waals surface area contributed by atoms with Gasteiger partial charge < -0.3 is 11.1 Å². The van der Waals surface area contributed by atoms with E-state index in [-0.39, 0.29) is 6.04 Å². The minimum absolute atomic E-state index is 0.240. The van der Waals surface area contributed by atoms with Crippen molar-refractivity contribution in [1.29, 1.82) is 0 Å². The van der Waals surface area contributed by atoms with Crippen molar-refractivity contribution in [1.82, 2.24) is 5.32 Å². The zero-order chi connectivity index (χ0) is 10.7. The van der Waals surface area contributed by atoms with Gasteiger partial charge in [-0.05, 0) is 43.0 Å². The Kier molecular flexibility index (Phi) is 3.62. The summed E-state index contributed by atoms with van der Waals surface area (Å²) < 4.78 is 0. The van der Waals surface area contributed by atoms with E-state index in [1.165, 1.54) is 18.4 Å². The standard InChI is InChI=1S/C12H17ClN2/c13-11-3-1-2-10(6-11)12(7-14)15-8-9-4-5-9/h1-3,6,9,12,15H,4-5,7-8,14H2. The monoisotopic (exact) mass is 224 g/mol. The number of nitrogens with two attached hydrogens (primary N) is 1. The zero-order valence-corrected chi connectivity index (χ0v) is 9.50. The quantitative estimate of drug-likeness (QED) is 0.806. The van der Waals surface area contributed by atoms with Gasteiger partial charge >= 0.3 is 0 Å².